The summed E-state index contributed by atoms with van der Waals surface area (Å²) in [7, 11) is 0. The highest BCUT2D eigenvalue weighted by Crippen LogP contribution is 2.31. The van der Waals surface area contributed by atoms with Gasteiger partial charge in [0.25, 0.3) is 5.91 Å². The molecule has 1 N–H and O–H groups in total. The van der Waals surface area contributed by atoms with Crippen molar-refractivity contribution < 1.29 is 9.21 Å². The standard InChI is InChI=1S/C20H16BrN5O2S/c21-13-5-3-12(4-6-13)16-8-7-14(28-16)11-15-17(22)26-19(23-18(15)27)29-20(24-26)25-9-1-2-10-25/h3-8,11,22H,1-2,9-10H2/b15-11+,22-17?. The number of carbonyl (C=O) groups is 1. The van der Waals surface area contributed by atoms with E-state index in [1.807, 2.05) is 30.3 Å². The minimum absolute atomic E-state index is 0.0169. The van der Waals surface area contributed by atoms with Gasteiger partial charge in [-0.2, -0.15) is 10.0 Å². The molecule has 0 atom stereocenters. The molecule has 1 saturated heterocycles. The second-order valence-electron chi connectivity index (χ2n) is 6.81. The average molecular weight is 470 g/mol. The minimum atomic E-state index is -0.451. The largest absolute Gasteiger partial charge is 0.457 e. The number of amides is 1. The van der Waals surface area contributed by atoms with Crippen LogP contribution in [0.1, 0.15) is 18.6 Å². The molecular weight excluding hydrogens is 454 g/mol. The van der Waals surface area contributed by atoms with Crippen LogP contribution < -0.4 is 0 Å². The zero-order valence-electron chi connectivity index (χ0n) is 15.3. The molecule has 0 spiro atoms. The number of nitrogens with zero attached hydrogens (tertiary/aromatic N) is 4. The molecule has 1 aromatic carbocycles. The molecule has 0 aliphatic carbocycles. The fourth-order valence-electron chi connectivity index (χ4n) is 3.36. The Morgan fingerprint density at radius 1 is 1.10 bits per heavy atom. The van der Waals surface area contributed by atoms with Crippen LogP contribution in [0.5, 0.6) is 0 Å². The molecule has 0 saturated carbocycles. The van der Waals surface area contributed by atoms with Crippen molar-refractivity contribution in [3.63, 3.8) is 0 Å². The molecule has 5 rings (SSSR count). The highest BCUT2D eigenvalue weighted by Gasteiger charge is 2.37. The van der Waals surface area contributed by atoms with Gasteiger partial charge in [-0.15, -0.1) is 5.10 Å². The third-order valence-corrected chi connectivity index (χ3v) is 6.36. The Bertz CT molecular complexity index is 1100. The predicted molar refractivity (Wildman–Crippen MR) is 118 cm³/mol. The van der Waals surface area contributed by atoms with Crippen LogP contribution in [0.3, 0.4) is 0 Å². The molecule has 2 aromatic rings. The van der Waals surface area contributed by atoms with Crippen LogP contribution >= 0.6 is 27.7 Å². The Morgan fingerprint density at radius 3 is 2.62 bits per heavy atom. The lowest BCUT2D eigenvalue weighted by molar-refractivity contribution is -0.114. The van der Waals surface area contributed by atoms with E-state index in [0.717, 1.165) is 41.1 Å². The van der Waals surface area contributed by atoms with Gasteiger partial charge in [-0.3, -0.25) is 10.2 Å². The van der Waals surface area contributed by atoms with Gasteiger partial charge < -0.3 is 9.32 Å². The van der Waals surface area contributed by atoms with Crippen LogP contribution in [-0.2, 0) is 4.79 Å². The first kappa shape index (κ1) is 18.4. The summed E-state index contributed by atoms with van der Waals surface area (Å²) in [5.41, 5.74) is 1.09. The van der Waals surface area contributed by atoms with Crippen LogP contribution in [-0.4, -0.2) is 45.1 Å². The predicted octanol–water partition coefficient (Wildman–Crippen LogP) is 4.38. The van der Waals surface area contributed by atoms with Crippen LogP contribution in [0, 0.1) is 5.41 Å². The molecule has 1 fully saturated rings. The second kappa shape index (κ2) is 7.31. The summed E-state index contributed by atoms with van der Waals surface area (Å²) >= 11 is 4.76. The van der Waals surface area contributed by atoms with E-state index >= 15 is 0 Å². The first-order chi connectivity index (χ1) is 14.1. The van der Waals surface area contributed by atoms with E-state index in [1.165, 1.54) is 16.8 Å². The van der Waals surface area contributed by atoms with Crippen molar-refractivity contribution >= 4 is 55.8 Å². The number of nitrogens with one attached hydrogen (secondary N) is 1. The number of hydrazone groups is 1. The number of carbonyl (C=O) groups excluding carboxylic acids is 1. The van der Waals surface area contributed by atoms with E-state index in [-0.39, 0.29) is 11.4 Å². The molecule has 0 bridgehead atoms. The maximum absolute atomic E-state index is 12.5. The van der Waals surface area contributed by atoms with E-state index < -0.39 is 5.91 Å². The Kier molecular flexibility index (Phi) is 4.63. The van der Waals surface area contributed by atoms with Crippen LogP contribution in [0.2, 0.25) is 0 Å². The molecule has 0 unspecified atom stereocenters. The van der Waals surface area contributed by atoms with Gasteiger partial charge in [-0.1, -0.05) is 28.1 Å². The summed E-state index contributed by atoms with van der Waals surface area (Å²) in [4.78, 5) is 18.9. The summed E-state index contributed by atoms with van der Waals surface area (Å²) < 4.78 is 6.85. The Balaban J connectivity index is 1.42. The smallest absolute Gasteiger partial charge is 0.283 e. The molecular formula is C20H16BrN5O2S. The minimum Gasteiger partial charge on any atom is -0.457 e. The Hall–Kier alpha value is -2.65. The number of furan rings is 1. The zero-order valence-corrected chi connectivity index (χ0v) is 17.7. The van der Waals surface area contributed by atoms with Crippen molar-refractivity contribution in [2.24, 2.45) is 10.1 Å². The summed E-state index contributed by atoms with van der Waals surface area (Å²) in [6, 6.07) is 11.4. The van der Waals surface area contributed by atoms with E-state index in [1.54, 1.807) is 12.1 Å². The van der Waals surface area contributed by atoms with Gasteiger partial charge in [0, 0.05) is 23.1 Å². The molecule has 3 aliphatic rings. The number of fused-ring (bicyclic) bond motifs is 1. The number of amidine groups is 3. The highest BCUT2D eigenvalue weighted by atomic mass is 79.9. The molecule has 3 aliphatic heterocycles. The lowest BCUT2D eigenvalue weighted by atomic mass is 10.1. The third kappa shape index (κ3) is 3.44. The summed E-state index contributed by atoms with van der Waals surface area (Å²) in [6.07, 6.45) is 3.82. The van der Waals surface area contributed by atoms with Gasteiger partial charge in [0.15, 0.2) is 11.0 Å². The average Bonchev–Trinajstić information content (AvgIpc) is 3.46. The second-order valence-corrected chi connectivity index (χ2v) is 8.66. The fraction of sp³-hybridized carbons (Fsp3) is 0.200. The topological polar surface area (TPSA) is 85.3 Å². The van der Waals surface area contributed by atoms with Crippen LogP contribution in [0.25, 0.3) is 17.4 Å². The number of aliphatic imine (C=N–C) groups is 1. The summed E-state index contributed by atoms with van der Waals surface area (Å²) in [5, 5.41) is 15.7. The summed E-state index contributed by atoms with van der Waals surface area (Å²) in [5.74, 6) is 0.746. The Morgan fingerprint density at radius 2 is 1.86 bits per heavy atom. The highest BCUT2D eigenvalue weighted by molar-refractivity contribution is 9.10. The molecule has 29 heavy (non-hydrogen) atoms. The summed E-state index contributed by atoms with van der Waals surface area (Å²) in [6.45, 7) is 1.89. The van der Waals surface area contributed by atoms with Crippen molar-refractivity contribution in [2.75, 3.05) is 13.1 Å². The van der Waals surface area contributed by atoms with Gasteiger partial charge in [0.05, 0.1) is 5.57 Å². The molecule has 146 valence electrons. The van der Waals surface area contributed by atoms with E-state index in [9.17, 15) is 4.79 Å². The van der Waals surface area contributed by atoms with Crippen molar-refractivity contribution in [3.05, 3.63) is 52.2 Å². The van der Waals surface area contributed by atoms with Crippen molar-refractivity contribution in [1.82, 2.24) is 9.91 Å². The number of hydrogen-bond donors (Lipinski definition) is 1. The number of benzene rings is 1. The number of rotatable bonds is 2. The maximum Gasteiger partial charge on any atom is 0.283 e. The lowest BCUT2D eigenvalue weighted by Gasteiger charge is -2.19. The van der Waals surface area contributed by atoms with Gasteiger partial charge in [0.2, 0.25) is 5.17 Å². The van der Waals surface area contributed by atoms with E-state index in [0.29, 0.717) is 16.7 Å². The lowest BCUT2D eigenvalue weighted by Crippen LogP contribution is -2.35. The number of thioether (sulfide) groups is 1. The van der Waals surface area contributed by atoms with Crippen LogP contribution in [0.4, 0.5) is 0 Å². The number of hydrogen-bond acceptors (Lipinski definition) is 6. The first-order valence-electron chi connectivity index (χ1n) is 9.19. The number of halogens is 1. The van der Waals surface area contributed by atoms with E-state index in [4.69, 9.17) is 9.83 Å². The van der Waals surface area contributed by atoms with Crippen LogP contribution in [0.15, 0.2) is 61.0 Å². The fourth-order valence-corrected chi connectivity index (χ4v) is 4.57. The van der Waals surface area contributed by atoms with Crippen molar-refractivity contribution in [3.8, 4) is 11.3 Å². The maximum atomic E-state index is 12.5. The molecule has 1 aromatic heterocycles. The third-order valence-electron chi connectivity index (χ3n) is 4.86. The van der Waals surface area contributed by atoms with Gasteiger partial charge >= 0.3 is 0 Å². The molecule has 7 nitrogen and oxygen atoms in total. The SMILES string of the molecule is N=C1/C(=C\c2ccc(-c3ccc(Br)cc3)o2)C(=O)N=C2SC(N3CCCC3)=NN12. The monoisotopic (exact) mass is 469 g/mol. The zero-order chi connectivity index (χ0) is 20.0. The van der Waals surface area contributed by atoms with E-state index in [2.05, 4.69) is 30.9 Å². The molecule has 9 heteroatoms. The molecule has 1 amide bonds. The molecule has 4 heterocycles. The van der Waals surface area contributed by atoms with Crippen molar-refractivity contribution in [2.45, 2.75) is 12.8 Å². The van der Waals surface area contributed by atoms with Gasteiger partial charge in [0.1, 0.15) is 11.5 Å². The van der Waals surface area contributed by atoms with Gasteiger partial charge in [-0.25, -0.2) is 0 Å². The number of likely N-dealkylation sites (tertiary alicyclic amines) is 1. The quantitative estimate of drug-likeness (QED) is 0.659. The normalized spacial score (nSPS) is 20.4. The van der Waals surface area contributed by atoms with Crippen molar-refractivity contribution in [1.29, 1.82) is 5.41 Å². The Labute approximate surface area is 179 Å². The first-order valence-corrected chi connectivity index (χ1v) is 10.8. The molecule has 0 radical (unpaired) electrons. The van der Waals surface area contributed by atoms with Gasteiger partial charge in [-0.05, 0) is 54.9 Å².